The Balaban J connectivity index is 1.41. The second-order valence-electron chi connectivity index (χ2n) is 7.60. The molecule has 3 unspecified atom stereocenters. The van der Waals surface area contributed by atoms with Crippen LogP contribution in [0, 0.1) is 23.2 Å². The minimum Gasteiger partial charge on any atom is -0.497 e. The summed E-state index contributed by atoms with van der Waals surface area (Å²) < 4.78 is 10.3. The first-order valence-electron chi connectivity index (χ1n) is 8.79. The lowest BCUT2D eigenvalue weighted by atomic mass is 9.46. The van der Waals surface area contributed by atoms with Crippen LogP contribution in [0.2, 0.25) is 0 Å². The molecule has 0 aliphatic heterocycles. The maximum Gasteiger partial charge on any atom is 0.426 e. The third-order valence-corrected chi connectivity index (χ3v) is 6.06. The van der Waals surface area contributed by atoms with Crippen LogP contribution in [-0.4, -0.2) is 25.7 Å². The standard InChI is InChI=1S/C19H26N2O4/c1-19(2)14-7-4-13(16(19)10-14)11-25-18(23)21-20-17(22)12-5-8-15(24-3)9-6-12/h5-6,8-9,13-14,16H,4,7,10-11H2,1-3H3,(H,20,22)(H,21,23). The van der Waals surface area contributed by atoms with Crippen LogP contribution in [0.1, 0.15) is 43.5 Å². The van der Waals surface area contributed by atoms with E-state index in [2.05, 4.69) is 24.7 Å². The molecule has 6 nitrogen and oxygen atoms in total. The predicted molar refractivity (Wildman–Crippen MR) is 93.0 cm³/mol. The number of ether oxygens (including phenoxy) is 2. The molecule has 3 fully saturated rings. The monoisotopic (exact) mass is 346 g/mol. The Hall–Kier alpha value is -2.24. The lowest BCUT2D eigenvalue weighted by Crippen LogP contribution is -2.53. The van der Waals surface area contributed by atoms with Crippen molar-refractivity contribution in [2.24, 2.45) is 23.2 Å². The van der Waals surface area contributed by atoms with Crippen molar-refractivity contribution in [1.82, 2.24) is 10.9 Å². The average molecular weight is 346 g/mol. The number of hydrogen-bond donors (Lipinski definition) is 2. The zero-order valence-corrected chi connectivity index (χ0v) is 15.0. The molecule has 2 bridgehead atoms. The first-order chi connectivity index (χ1) is 11.9. The number of amides is 2. The van der Waals surface area contributed by atoms with Crippen LogP contribution in [0.25, 0.3) is 0 Å². The van der Waals surface area contributed by atoms with Crippen LogP contribution in [-0.2, 0) is 4.74 Å². The highest BCUT2D eigenvalue weighted by atomic mass is 16.6. The molecule has 136 valence electrons. The van der Waals surface area contributed by atoms with E-state index in [-0.39, 0.29) is 0 Å². The van der Waals surface area contributed by atoms with E-state index in [4.69, 9.17) is 9.47 Å². The van der Waals surface area contributed by atoms with Gasteiger partial charge in [-0.2, -0.15) is 0 Å². The lowest BCUT2D eigenvalue weighted by molar-refractivity contribution is -0.117. The van der Waals surface area contributed by atoms with Gasteiger partial charge in [0, 0.05) is 5.56 Å². The maximum atomic E-state index is 12.0. The van der Waals surface area contributed by atoms with Crippen molar-refractivity contribution in [2.75, 3.05) is 13.7 Å². The van der Waals surface area contributed by atoms with E-state index in [0.29, 0.717) is 35.2 Å². The summed E-state index contributed by atoms with van der Waals surface area (Å²) in [5.41, 5.74) is 5.46. The molecule has 3 saturated carbocycles. The zero-order chi connectivity index (χ0) is 18.0. The van der Waals surface area contributed by atoms with Crippen molar-refractivity contribution in [1.29, 1.82) is 0 Å². The molecule has 25 heavy (non-hydrogen) atoms. The summed E-state index contributed by atoms with van der Waals surface area (Å²) in [6.45, 7) is 5.03. The van der Waals surface area contributed by atoms with Crippen LogP contribution < -0.4 is 15.6 Å². The molecule has 0 radical (unpaired) electrons. The van der Waals surface area contributed by atoms with Gasteiger partial charge in [-0.25, -0.2) is 10.2 Å². The van der Waals surface area contributed by atoms with E-state index in [0.717, 1.165) is 12.3 Å². The Morgan fingerprint density at radius 1 is 1.16 bits per heavy atom. The predicted octanol–water partition coefficient (Wildman–Crippen LogP) is 3.14. The average Bonchev–Trinajstić information content (AvgIpc) is 2.64. The number of hydrazine groups is 1. The van der Waals surface area contributed by atoms with Crippen LogP contribution in [0.3, 0.4) is 0 Å². The van der Waals surface area contributed by atoms with Gasteiger partial charge in [0.15, 0.2) is 0 Å². The molecule has 1 aromatic rings. The number of nitrogens with one attached hydrogen (secondary N) is 2. The highest BCUT2D eigenvalue weighted by Gasteiger charge is 2.54. The van der Waals surface area contributed by atoms with Crippen molar-refractivity contribution < 1.29 is 19.1 Å². The summed E-state index contributed by atoms with van der Waals surface area (Å²) in [6, 6.07) is 6.62. The van der Waals surface area contributed by atoms with Gasteiger partial charge in [-0.15, -0.1) is 0 Å². The molecule has 3 atom stereocenters. The van der Waals surface area contributed by atoms with Crippen molar-refractivity contribution in [3.05, 3.63) is 29.8 Å². The van der Waals surface area contributed by atoms with Crippen molar-refractivity contribution >= 4 is 12.0 Å². The van der Waals surface area contributed by atoms with E-state index < -0.39 is 12.0 Å². The number of fused-ring (bicyclic) bond motifs is 2. The number of hydrogen-bond acceptors (Lipinski definition) is 4. The Labute approximate surface area is 148 Å². The summed E-state index contributed by atoms with van der Waals surface area (Å²) in [4.78, 5) is 23.8. The molecule has 3 aliphatic carbocycles. The van der Waals surface area contributed by atoms with Gasteiger partial charge in [0.05, 0.1) is 13.7 Å². The molecular weight excluding hydrogens is 320 g/mol. The normalized spacial score (nSPS) is 26.1. The molecule has 3 aliphatic rings. The molecule has 0 saturated heterocycles. The van der Waals surface area contributed by atoms with Gasteiger partial charge in [-0.05, 0) is 66.7 Å². The smallest absolute Gasteiger partial charge is 0.426 e. The molecule has 2 amide bonds. The SMILES string of the molecule is COc1ccc(C(=O)NNC(=O)OCC2CCC3CC2C3(C)C)cc1. The summed E-state index contributed by atoms with van der Waals surface area (Å²) in [5.74, 6) is 2.14. The van der Waals surface area contributed by atoms with E-state index in [1.165, 1.54) is 12.8 Å². The largest absolute Gasteiger partial charge is 0.497 e. The third-order valence-electron chi connectivity index (χ3n) is 6.06. The topological polar surface area (TPSA) is 76.7 Å². The molecule has 0 spiro atoms. The van der Waals surface area contributed by atoms with Gasteiger partial charge >= 0.3 is 6.09 Å². The zero-order valence-electron chi connectivity index (χ0n) is 15.0. The third kappa shape index (κ3) is 3.57. The highest BCUT2D eigenvalue weighted by molar-refractivity contribution is 5.95. The quantitative estimate of drug-likeness (QED) is 0.821. The van der Waals surface area contributed by atoms with Gasteiger partial charge < -0.3 is 9.47 Å². The minimum atomic E-state index is -0.624. The molecular formula is C19H26N2O4. The van der Waals surface area contributed by atoms with Crippen LogP contribution in [0.15, 0.2) is 24.3 Å². The molecule has 0 aromatic heterocycles. The summed E-state index contributed by atoms with van der Waals surface area (Å²) >= 11 is 0. The van der Waals surface area contributed by atoms with E-state index in [1.807, 2.05) is 0 Å². The van der Waals surface area contributed by atoms with Gasteiger partial charge in [0.25, 0.3) is 5.91 Å². The first-order valence-corrected chi connectivity index (χ1v) is 8.79. The van der Waals surface area contributed by atoms with E-state index in [9.17, 15) is 9.59 Å². The Bertz CT molecular complexity index is 639. The fourth-order valence-corrected chi connectivity index (χ4v) is 4.30. The van der Waals surface area contributed by atoms with Crippen molar-refractivity contribution in [3.63, 3.8) is 0 Å². The Morgan fingerprint density at radius 2 is 1.88 bits per heavy atom. The number of methoxy groups -OCH3 is 1. The number of benzene rings is 1. The molecule has 2 N–H and O–H groups in total. The fourth-order valence-electron chi connectivity index (χ4n) is 4.30. The highest BCUT2D eigenvalue weighted by Crippen LogP contribution is 2.61. The second-order valence-corrected chi connectivity index (χ2v) is 7.60. The van der Waals surface area contributed by atoms with Gasteiger partial charge in [0.2, 0.25) is 0 Å². The Kier molecular flexibility index (Phi) is 4.88. The second kappa shape index (κ2) is 6.94. The molecule has 4 rings (SSSR count). The molecule has 1 aromatic carbocycles. The molecule has 0 heterocycles. The van der Waals surface area contributed by atoms with Gasteiger partial charge in [-0.3, -0.25) is 10.2 Å². The van der Waals surface area contributed by atoms with Gasteiger partial charge in [0.1, 0.15) is 5.75 Å². The van der Waals surface area contributed by atoms with Crippen LogP contribution in [0.4, 0.5) is 4.79 Å². The fraction of sp³-hybridized carbons (Fsp3) is 0.579. The van der Waals surface area contributed by atoms with E-state index in [1.54, 1.807) is 31.4 Å². The number of carbonyl (C=O) groups is 2. The van der Waals surface area contributed by atoms with Crippen LogP contribution in [0.5, 0.6) is 5.75 Å². The summed E-state index contributed by atoms with van der Waals surface area (Å²) in [6.07, 6.45) is 2.95. The Morgan fingerprint density at radius 3 is 2.48 bits per heavy atom. The minimum absolute atomic E-state index is 0.366. The van der Waals surface area contributed by atoms with Crippen LogP contribution >= 0.6 is 0 Å². The summed E-state index contributed by atoms with van der Waals surface area (Å²) in [5, 5.41) is 0. The van der Waals surface area contributed by atoms with E-state index >= 15 is 0 Å². The van der Waals surface area contributed by atoms with Crippen molar-refractivity contribution in [3.8, 4) is 5.75 Å². The number of carbonyl (C=O) groups excluding carboxylic acids is 2. The van der Waals surface area contributed by atoms with Gasteiger partial charge in [-0.1, -0.05) is 13.8 Å². The summed E-state index contributed by atoms with van der Waals surface area (Å²) in [7, 11) is 1.56. The molecule has 6 heteroatoms. The maximum absolute atomic E-state index is 12.0. The lowest BCUT2D eigenvalue weighted by Gasteiger charge is -2.60. The first kappa shape index (κ1) is 17.6. The van der Waals surface area contributed by atoms with Crippen molar-refractivity contribution in [2.45, 2.75) is 33.1 Å². The number of rotatable bonds is 4.